The molecule has 0 aliphatic heterocycles. The van der Waals surface area contributed by atoms with Gasteiger partial charge in [0.25, 0.3) is 0 Å². The Morgan fingerprint density at radius 2 is 2.06 bits per heavy atom. The molecule has 4 nitrogen and oxygen atoms in total. The number of rotatable bonds is 2. The summed E-state index contributed by atoms with van der Waals surface area (Å²) in [4.78, 5) is 4.30. The summed E-state index contributed by atoms with van der Waals surface area (Å²) in [7, 11) is 0. The Labute approximate surface area is 96.1 Å². The van der Waals surface area contributed by atoms with Crippen LogP contribution in [0.5, 0.6) is 0 Å². The standard InChI is InChI=1S/C11H6N4S/c12-5-8(6-13)7-14-11-15-9-3-1-2-4-10(9)16-11/h1-4,7H,(H,14,15). The Morgan fingerprint density at radius 3 is 2.75 bits per heavy atom. The number of benzene rings is 1. The monoisotopic (exact) mass is 226 g/mol. The van der Waals surface area contributed by atoms with E-state index in [9.17, 15) is 0 Å². The number of nitriles is 2. The van der Waals surface area contributed by atoms with Crippen molar-refractivity contribution < 1.29 is 0 Å². The maximum Gasteiger partial charge on any atom is 0.187 e. The first kappa shape index (κ1) is 10.2. The Bertz CT molecular complexity index is 578. The van der Waals surface area contributed by atoms with Gasteiger partial charge in [-0.05, 0) is 12.1 Å². The summed E-state index contributed by atoms with van der Waals surface area (Å²) in [6.07, 6.45) is 1.36. The molecule has 0 spiro atoms. The van der Waals surface area contributed by atoms with Crippen LogP contribution in [0.15, 0.2) is 36.0 Å². The Hall–Kier alpha value is -2.37. The van der Waals surface area contributed by atoms with Gasteiger partial charge in [-0.1, -0.05) is 23.5 Å². The van der Waals surface area contributed by atoms with E-state index in [-0.39, 0.29) is 5.57 Å². The molecule has 1 heterocycles. The van der Waals surface area contributed by atoms with Crippen molar-refractivity contribution in [3.8, 4) is 12.1 Å². The SMILES string of the molecule is N#CC(C#N)=CNc1nc2ccccc2s1. The molecule has 0 atom stereocenters. The molecule has 1 aromatic heterocycles. The van der Waals surface area contributed by atoms with E-state index in [1.54, 1.807) is 12.1 Å². The maximum absolute atomic E-state index is 8.55. The number of hydrogen-bond acceptors (Lipinski definition) is 5. The second-order valence-corrected chi connectivity index (χ2v) is 3.94. The van der Waals surface area contributed by atoms with Gasteiger partial charge in [-0.2, -0.15) is 10.5 Å². The average molecular weight is 226 g/mol. The number of para-hydroxylation sites is 1. The zero-order valence-corrected chi connectivity index (χ0v) is 8.95. The second kappa shape index (κ2) is 4.43. The van der Waals surface area contributed by atoms with Gasteiger partial charge >= 0.3 is 0 Å². The van der Waals surface area contributed by atoms with Crippen LogP contribution in [0.1, 0.15) is 0 Å². The molecule has 5 heteroatoms. The third kappa shape index (κ3) is 2.00. The first-order valence-electron chi connectivity index (χ1n) is 4.46. The predicted molar refractivity (Wildman–Crippen MR) is 62.6 cm³/mol. The minimum absolute atomic E-state index is 0.0271. The molecule has 0 aliphatic carbocycles. The van der Waals surface area contributed by atoms with Gasteiger partial charge in [0.2, 0.25) is 0 Å². The lowest BCUT2D eigenvalue weighted by atomic mass is 10.3. The summed E-state index contributed by atoms with van der Waals surface area (Å²) in [6.45, 7) is 0. The summed E-state index contributed by atoms with van der Waals surface area (Å²) in [6, 6.07) is 11.3. The fourth-order valence-electron chi connectivity index (χ4n) is 1.16. The van der Waals surface area contributed by atoms with Gasteiger partial charge in [-0.25, -0.2) is 4.98 Å². The van der Waals surface area contributed by atoms with E-state index in [0.717, 1.165) is 10.2 Å². The van der Waals surface area contributed by atoms with Crippen LogP contribution in [0.2, 0.25) is 0 Å². The second-order valence-electron chi connectivity index (χ2n) is 2.91. The lowest BCUT2D eigenvalue weighted by molar-refractivity contribution is 1.42. The van der Waals surface area contributed by atoms with Crippen LogP contribution < -0.4 is 5.32 Å². The molecule has 76 valence electrons. The fraction of sp³-hybridized carbons (Fsp3) is 0. The number of nitrogens with one attached hydrogen (secondary N) is 1. The molecular weight excluding hydrogens is 220 g/mol. The van der Waals surface area contributed by atoms with Gasteiger partial charge in [0.1, 0.15) is 17.7 Å². The van der Waals surface area contributed by atoms with Gasteiger partial charge < -0.3 is 5.32 Å². The van der Waals surface area contributed by atoms with Gasteiger partial charge in [0.05, 0.1) is 10.2 Å². The van der Waals surface area contributed by atoms with E-state index in [1.165, 1.54) is 17.5 Å². The van der Waals surface area contributed by atoms with E-state index < -0.39 is 0 Å². The van der Waals surface area contributed by atoms with Crippen molar-refractivity contribution in [3.63, 3.8) is 0 Å². The smallest absolute Gasteiger partial charge is 0.187 e. The third-order valence-electron chi connectivity index (χ3n) is 1.87. The maximum atomic E-state index is 8.55. The first-order valence-corrected chi connectivity index (χ1v) is 5.27. The molecule has 0 aliphatic rings. The molecule has 0 amide bonds. The zero-order valence-electron chi connectivity index (χ0n) is 8.14. The quantitative estimate of drug-likeness (QED) is 0.799. The number of fused-ring (bicyclic) bond motifs is 1. The Balaban J connectivity index is 2.27. The predicted octanol–water partition coefficient (Wildman–Crippen LogP) is 2.64. The first-order chi connectivity index (χ1) is 7.83. The van der Waals surface area contributed by atoms with Crippen molar-refractivity contribution in [2.45, 2.75) is 0 Å². The van der Waals surface area contributed by atoms with Crippen molar-refractivity contribution in [1.82, 2.24) is 4.98 Å². The molecule has 2 rings (SSSR count). The summed E-state index contributed by atoms with van der Waals surface area (Å²) in [5, 5.41) is 20.6. The number of allylic oxidation sites excluding steroid dienone is 1. The van der Waals surface area contributed by atoms with Crippen molar-refractivity contribution in [1.29, 1.82) is 10.5 Å². The Kier molecular flexibility index (Phi) is 2.81. The molecule has 0 saturated carbocycles. The van der Waals surface area contributed by atoms with Crippen LogP contribution in [0.3, 0.4) is 0 Å². The fourth-order valence-corrected chi connectivity index (χ4v) is 1.99. The normalized spacial score (nSPS) is 9.12. The Morgan fingerprint density at radius 1 is 1.31 bits per heavy atom. The highest BCUT2D eigenvalue weighted by molar-refractivity contribution is 7.22. The number of nitrogens with zero attached hydrogens (tertiary/aromatic N) is 3. The van der Waals surface area contributed by atoms with Crippen LogP contribution in [0.4, 0.5) is 5.13 Å². The number of hydrogen-bond donors (Lipinski definition) is 1. The molecule has 0 radical (unpaired) electrons. The van der Waals surface area contributed by atoms with Gasteiger partial charge in [0, 0.05) is 6.20 Å². The largest absolute Gasteiger partial charge is 0.336 e. The minimum atomic E-state index is 0.0271. The van der Waals surface area contributed by atoms with Crippen molar-refractivity contribution in [2.24, 2.45) is 0 Å². The van der Waals surface area contributed by atoms with Crippen LogP contribution in [0.25, 0.3) is 10.2 Å². The van der Waals surface area contributed by atoms with Crippen molar-refractivity contribution in [2.75, 3.05) is 5.32 Å². The average Bonchev–Trinajstić information content (AvgIpc) is 2.73. The summed E-state index contributed by atoms with van der Waals surface area (Å²) >= 11 is 1.47. The summed E-state index contributed by atoms with van der Waals surface area (Å²) < 4.78 is 1.06. The molecule has 2 aromatic rings. The highest BCUT2D eigenvalue weighted by Gasteiger charge is 2.01. The molecular formula is C11H6N4S. The molecule has 0 saturated heterocycles. The topological polar surface area (TPSA) is 72.5 Å². The lowest BCUT2D eigenvalue weighted by Gasteiger charge is -1.90. The molecule has 1 aromatic carbocycles. The lowest BCUT2D eigenvalue weighted by Crippen LogP contribution is -1.87. The van der Waals surface area contributed by atoms with Crippen LogP contribution >= 0.6 is 11.3 Å². The summed E-state index contributed by atoms with van der Waals surface area (Å²) in [5.74, 6) is 0. The molecule has 16 heavy (non-hydrogen) atoms. The van der Waals surface area contributed by atoms with Crippen molar-refractivity contribution >= 4 is 26.7 Å². The number of anilines is 1. The molecule has 0 unspecified atom stereocenters. The highest BCUT2D eigenvalue weighted by Crippen LogP contribution is 2.25. The van der Waals surface area contributed by atoms with Crippen LogP contribution in [-0.4, -0.2) is 4.98 Å². The molecule has 0 bridgehead atoms. The third-order valence-corrected chi connectivity index (χ3v) is 2.84. The number of aromatic nitrogens is 1. The van der Waals surface area contributed by atoms with Gasteiger partial charge in [-0.15, -0.1) is 0 Å². The van der Waals surface area contributed by atoms with Gasteiger partial charge in [-0.3, -0.25) is 0 Å². The van der Waals surface area contributed by atoms with E-state index in [4.69, 9.17) is 10.5 Å². The molecule has 0 fully saturated rings. The van der Waals surface area contributed by atoms with E-state index in [2.05, 4.69) is 10.3 Å². The van der Waals surface area contributed by atoms with Gasteiger partial charge in [0.15, 0.2) is 5.13 Å². The van der Waals surface area contributed by atoms with Crippen LogP contribution in [-0.2, 0) is 0 Å². The highest BCUT2D eigenvalue weighted by atomic mass is 32.1. The number of thiazole rings is 1. The van der Waals surface area contributed by atoms with E-state index in [0.29, 0.717) is 5.13 Å². The minimum Gasteiger partial charge on any atom is -0.336 e. The molecule has 1 N–H and O–H groups in total. The zero-order chi connectivity index (χ0) is 11.4. The summed E-state index contributed by atoms with van der Waals surface area (Å²) in [5.41, 5.74) is 0.929. The van der Waals surface area contributed by atoms with Crippen LogP contribution in [0, 0.1) is 22.7 Å². The van der Waals surface area contributed by atoms with Crippen molar-refractivity contribution in [3.05, 3.63) is 36.0 Å². The van der Waals surface area contributed by atoms with E-state index >= 15 is 0 Å². The van der Waals surface area contributed by atoms with E-state index in [1.807, 2.05) is 24.3 Å².